The minimum absolute atomic E-state index is 0.634. The molecule has 39 valence electrons. The summed E-state index contributed by atoms with van der Waals surface area (Å²) in [5.74, 6) is 1.97. The predicted octanol–water partition coefficient (Wildman–Crippen LogP) is 0.737. The number of hydrogen-bond donors (Lipinski definition) is 1. The van der Waals surface area contributed by atoms with Crippen LogP contribution in [0.2, 0.25) is 0 Å². The molecule has 0 saturated carbocycles. The van der Waals surface area contributed by atoms with E-state index in [4.69, 9.17) is 11.5 Å². The van der Waals surface area contributed by atoms with Crippen molar-refractivity contribution in [2.75, 3.05) is 0 Å². The van der Waals surface area contributed by atoms with Gasteiger partial charge >= 0.3 is 0 Å². The Hall–Kier alpha value is -0.480. The summed E-state index contributed by atoms with van der Waals surface area (Å²) in [6.07, 6.45) is 7.34. The monoisotopic (exact) mass is 97.1 g/mol. The van der Waals surface area contributed by atoms with Crippen LogP contribution in [0.1, 0.15) is 19.8 Å². The van der Waals surface area contributed by atoms with E-state index < -0.39 is 6.10 Å². The van der Waals surface area contributed by atoms with Crippen LogP contribution >= 0.6 is 0 Å². The van der Waals surface area contributed by atoms with Gasteiger partial charge in [0.2, 0.25) is 0 Å². The summed E-state index contributed by atoms with van der Waals surface area (Å²) in [7, 11) is 0. The Morgan fingerprint density at radius 1 is 1.86 bits per heavy atom. The van der Waals surface area contributed by atoms with E-state index in [2.05, 4.69) is 0 Å². The number of aliphatic hydroxyl groups excluding tert-OH is 1. The minimum Gasteiger partial charge on any atom is -0.380 e. The highest BCUT2D eigenvalue weighted by Gasteiger charge is 1.92. The average molecular weight is 97.1 g/mol. The fourth-order valence-corrected chi connectivity index (χ4v) is 0.346. The summed E-state index contributed by atoms with van der Waals surface area (Å²) in [6.45, 7) is 1.96. The lowest BCUT2D eigenvalue weighted by molar-refractivity contribution is 0.221. The largest absolute Gasteiger partial charge is 0.380 e. The van der Waals surface area contributed by atoms with Crippen molar-refractivity contribution in [2.45, 2.75) is 25.9 Å². The SMILES string of the molecule is [C]#CC(O)CCC. The molecule has 7 heavy (non-hydrogen) atoms. The first-order chi connectivity index (χ1) is 3.31. The minimum atomic E-state index is -0.634. The van der Waals surface area contributed by atoms with Gasteiger partial charge in [-0.05, 0) is 12.8 Å². The Labute approximate surface area is 44.4 Å². The second-order valence-electron chi connectivity index (χ2n) is 1.45. The summed E-state index contributed by atoms with van der Waals surface area (Å²) >= 11 is 0. The molecule has 0 bridgehead atoms. The van der Waals surface area contributed by atoms with E-state index in [9.17, 15) is 0 Å². The van der Waals surface area contributed by atoms with Crippen LogP contribution in [0, 0.1) is 12.3 Å². The molecule has 0 aliphatic carbocycles. The molecule has 1 unspecified atom stereocenters. The van der Waals surface area contributed by atoms with Crippen molar-refractivity contribution in [3.8, 4) is 5.92 Å². The van der Waals surface area contributed by atoms with Gasteiger partial charge in [0, 0.05) is 0 Å². The molecule has 0 aromatic rings. The number of rotatable bonds is 2. The van der Waals surface area contributed by atoms with Gasteiger partial charge < -0.3 is 5.11 Å². The van der Waals surface area contributed by atoms with Crippen LogP contribution in [0.15, 0.2) is 0 Å². The van der Waals surface area contributed by atoms with Gasteiger partial charge in [-0.2, -0.15) is 0 Å². The van der Waals surface area contributed by atoms with Crippen LogP contribution < -0.4 is 0 Å². The molecule has 1 heteroatoms. The van der Waals surface area contributed by atoms with Crippen LogP contribution in [-0.2, 0) is 0 Å². The molecule has 1 radical (unpaired) electrons. The normalized spacial score (nSPS) is 12.7. The highest BCUT2D eigenvalue weighted by atomic mass is 16.3. The third-order valence-corrected chi connectivity index (χ3v) is 0.729. The van der Waals surface area contributed by atoms with E-state index in [1.54, 1.807) is 0 Å². The van der Waals surface area contributed by atoms with Crippen LogP contribution in [0.3, 0.4) is 0 Å². The third kappa shape index (κ3) is 3.35. The third-order valence-electron chi connectivity index (χ3n) is 0.729. The maximum absolute atomic E-state index is 8.56. The van der Waals surface area contributed by atoms with Crippen molar-refractivity contribution in [3.63, 3.8) is 0 Å². The Bertz CT molecular complexity index is 70.7. The van der Waals surface area contributed by atoms with Crippen LogP contribution in [0.4, 0.5) is 0 Å². The Balaban J connectivity index is 3.04. The lowest BCUT2D eigenvalue weighted by Crippen LogP contribution is -1.99. The van der Waals surface area contributed by atoms with E-state index >= 15 is 0 Å². The van der Waals surface area contributed by atoms with E-state index in [1.807, 2.05) is 12.8 Å². The van der Waals surface area contributed by atoms with Gasteiger partial charge in [-0.15, -0.1) is 0 Å². The average Bonchev–Trinajstić information content (AvgIpc) is 1.68. The zero-order valence-electron chi connectivity index (χ0n) is 4.44. The standard InChI is InChI=1S/C6H9O/c1-3-5-6(7)4-2/h6-7H,3,5H2,1H3. The van der Waals surface area contributed by atoms with Gasteiger partial charge in [0.1, 0.15) is 6.10 Å². The molecule has 0 aliphatic heterocycles. The predicted molar refractivity (Wildman–Crippen MR) is 28.0 cm³/mol. The Morgan fingerprint density at radius 2 is 2.43 bits per heavy atom. The smallest absolute Gasteiger partial charge is 0.115 e. The zero-order valence-corrected chi connectivity index (χ0v) is 4.44. The molecule has 1 nitrogen and oxygen atoms in total. The van der Waals surface area contributed by atoms with Crippen LogP contribution in [0.25, 0.3) is 0 Å². The maximum atomic E-state index is 8.56. The van der Waals surface area contributed by atoms with Gasteiger partial charge in [0.05, 0.1) is 0 Å². The first-order valence-corrected chi connectivity index (χ1v) is 2.41. The topological polar surface area (TPSA) is 20.2 Å². The first-order valence-electron chi connectivity index (χ1n) is 2.41. The fourth-order valence-electron chi connectivity index (χ4n) is 0.346. The van der Waals surface area contributed by atoms with Crippen molar-refractivity contribution in [1.82, 2.24) is 0 Å². The summed E-state index contributed by atoms with van der Waals surface area (Å²) in [5, 5.41) is 8.56. The molecule has 0 fully saturated rings. The second kappa shape index (κ2) is 3.70. The van der Waals surface area contributed by atoms with Gasteiger partial charge in [-0.3, -0.25) is 0 Å². The lowest BCUT2D eigenvalue weighted by Gasteiger charge is -1.94. The molecular formula is C6H9O. The van der Waals surface area contributed by atoms with Gasteiger partial charge in [0.25, 0.3) is 0 Å². The molecule has 0 aromatic carbocycles. The molecule has 1 atom stereocenters. The number of hydrogen-bond acceptors (Lipinski definition) is 1. The summed E-state index contributed by atoms with van der Waals surface area (Å²) in [5.41, 5.74) is 0. The van der Waals surface area contributed by atoms with E-state index in [0.717, 1.165) is 6.42 Å². The molecule has 0 aliphatic rings. The van der Waals surface area contributed by atoms with Crippen molar-refractivity contribution in [2.24, 2.45) is 0 Å². The molecule has 0 aromatic heterocycles. The molecule has 0 amide bonds. The molecule has 0 heterocycles. The number of aliphatic hydroxyl groups is 1. The van der Waals surface area contributed by atoms with Gasteiger partial charge in [0.15, 0.2) is 0 Å². The van der Waals surface area contributed by atoms with Crippen molar-refractivity contribution in [3.05, 3.63) is 6.42 Å². The fraction of sp³-hybridized carbons (Fsp3) is 0.667. The van der Waals surface area contributed by atoms with E-state index in [1.165, 1.54) is 0 Å². The van der Waals surface area contributed by atoms with E-state index in [0.29, 0.717) is 6.42 Å². The maximum Gasteiger partial charge on any atom is 0.115 e. The van der Waals surface area contributed by atoms with E-state index in [-0.39, 0.29) is 0 Å². The van der Waals surface area contributed by atoms with Crippen LogP contribution in [-0.4, -0.2) is 11.2 Å². The lowest BCUT2D eigenvalue weighted by atomic mass is 10.2. The van der Waals surface area contributed by atoms with Crippen LogP contribution in [0.5, 0.6) is 0 Å². The van der Waals surface area contributed by atoms with Gasteiger partial charge in [-0.25, -0.2) is 0 Å². The molecular weight excluding hydrogens is 88.1 g/mol. The summed E-state index contributed by atoms with van der Waals surface area (Å²) in [6, 6.07) is 0. The second-order valence-corrected chi connectivity index (χ2v) is 1.45. The molecule has 0 spiro atoms. The van der Waals surface area contributed by atoms with Gasteiger partial charge in [-0.1, -0.05) is 19.3 Å². The highest BCUT2D eigenvalue weighted by Crippen LogP contribution is 1.91. The zero-order chi connectivity index (χ0) is 5.70. The summed E-state index contributed by atoms with van der Waals surface area (Å²) in [4.78, 5) is 0. The summed E-state index contributed by atoms with van der Waals surface area (Å²) < 4.78 is 0. The van der Waals surface area contributed by atoms with Crippen molar-refractivity contribution in [1.29, 1.82) is 0 Å². The first kappa shape index (κ1) is 6.52. The molecule has 0 rings (SSSR count). The Kier molecular flexibility index (Phi) is 3.45. The quantitative estimate of drug-likeness (QED) is 0.504. The van der Waals surface area contributed by atoms with Crippen molar-refractivity contribution >= 4 is 0 Å². The molecule has 1 N–H and O–H groups in total. The highest BCUT2D eigenvalue weighted by molar-refractivity contribution is 4.85. The van der Waals surface area contributed by atoms with Crippen molar-refractivity contribution < 1.29 is 5.11 Å². The molecule has 0 saturated heterocycles. The Morgan fingerprint density at radius 3 is 2.57 bits per heavy atom.